The van der Waals surface area contributed by atoms with Crippen LogP contribution >= 0.6 is 0 Å². The molecule has 0 unspecified atom stereocenters. The molecule has 6 nitrogen and oxygen atoms in total. The summed E-state index contributed by atoms with van der Waals surface area (Å²) in [6, 6.07) is 13.8. The molecule has 3 aromatic heterocycles. The molecule has 0 aliphatic carbocycles. The van der Waals surface area contributed by atoms with E-state index in [1.807, 2.05) is 13.8 Å². The summed E-state index contributed by atoms with van der Waals surface area (Å²) in [5.74, 6) is -3.82. The van der Waals surface area contributed by atoms with Gasteiger partial charge in [0.05, 0.1) is 18.9 Å². The average molecular weight is 607 g/mol. The van der Waals surface area contributed by atoms with Gasteiger partial charge in [0, 0.05) is 32.2 Å². The number of pyridine rings is 3. The van der Waals surface area contributed by atoms with Crippen LogP contribution in [0.3, 0.4) is 0 Å². The van der Waals surface area contributed by atoms with Crippen LogP contribution < -0.4 is 0 Å². The molecule has 31 heavy (non-hydrogen) atoms. The molecule has 0 spiro atoms. The Morgan fingerprint density at radius 1 is 1.00 bits per heavy atom. The van der Waals surface area contributed by atoms with Gasteiger partial charge in [0.25, 0.3) is 0 Å². The van der Waals surface area contributed by atoms with Gasteiger partial charge in [0.1, 0.15) is 17.6 Å². The van der Waals surface area contributed by atoms with Gasteiger partial charge in [-0.3, -0.25) is 4.98 Å². The third kappa shape index (κ3) is 4.72. The van der Waals surface area contributed by atoms with Crippen LogP contribution in [0.4, 0.5) is 8.78 Å². The van der Waals surface area contributed by atoms with E-state index in [9.17, 15) is 13.9 Å². The number of rotatable bonds is 4. The largest absolute Gasteiger partial charge is 0.338 e. The van der Waals surface area contributed by atoms with Gasteiger partial charge >= 0.3 is 5.97 Å². The summed E-state index contributed by atoms with van der Waals surface area (Å²) in [6.07, 6.45) is 0.691. The minimum atomic E-state index is -1.89. The molecule has 0 amide bonds. The number of aliphatic hydroxyl groups is 1. The molecule has 0 radical (unpaired) electrons. The summed E-state index contributed by atoms with van der Waals surface area (Å²) in [7, 11) is 0. The molecule has 0 saturated carbocycles. The fourth-order valence-corrected chi connectivity index (χ4v) is 3.23. The zero-order valence-electron chi connectivity index (χ0n) is 16.8. The number of hydrogen-bond acceptors (Lipinski definition) is 6. The first kappa shape index (κ1) is 23.5. The van der Waals surface area contributed by atoms with E-state index in [1.54, 1.807) is 36.4 Å². The zero-order valence-corrected chi connectivity index (χ0v) is 19.1. The Morgan fingerprint density at radius 2 is 1.65 bits per heavy atom. The second-order valence-electron chi connectivity index (χ2n) is 7.46. The molecule has 1 aliphatic rings. The molecule has 9 heteroatoms. The van der Waals surface area contributed by atoms with Gasteiger partial charge < -0.3 is 19.6 Å². The van der Waals surface area contributed by atoms with Crippen LogP contribution in [0.25, 0.3) is 11.3 Å². The second kappa shape index (κ2) is 9.16. The van der Waals surface area contributed by atoms with Crippen molar-refractivity contribution < 1.29 is 44.4 Å². The SMILES string of the molecule is CC(C)(c1cccc(-c2[c-]cc(F)nc2F)n1)c1cccc(C2(O)OCCCO2)n1.[Pt]. The maximum absolute atomic E-state index is 14.1. The molecule has 0 bridgehead atoms. The van der Waals surface area contributed by atoms with Crippen LogP contribution in [0.5, 0.6) is 0 Å². The molecular weight excluding hydrogens is 587 g/mol. The van der Waals surface area contributed by atoms with Crippen molar-refractivity contribution >= 4 is 0 Å². The van der Waals surface area contributed by atoms with Crippen molar-refractivity contribution in [2.24, 2.45) is 0 Å². The first-order valence-corrected chi connectivity index (χ1v) is 9.49. The second-order valence-corrected chi connectivity index (χ2v) is 7.46. The van der Waals surface area contributed by atoms with Crippen LogP contribution in [0.2, 0.25) is 0 Å². The Hall–Kier alpha value is -2.12. The zero-order chi connectivity index (χ0) is 21.4. The number of halogens is 2. The van der Waals surface area contributed by atoms with Crippen molar-refractivity contribution in [3.63, 3.8) is 0 Å². The monoisotopic (exact) mass is 607 g/mol. The Kier molecular flexibility index (Phi) is 6.96. The summed E-state index contributed by atoms with van der Waals surface area (Å²) in [4.78, 5) is 12.3. The Labute approximate surface area is 192 Å². The Morgan fingerprint density at radius 3 is 2.32 bits per heavy atom. The Balaban J connectivity index is 0.00000272. The predicted molar refractivity (Wildman–Crippen MR) is 103 cm³/mol. The van der Waals surface area contributed by atoms with Crippen molar-refractivity contribution in [3.05, 3.63) is 77.5 Å². The molecule has 1 saturated heterocycles. The van der Waals surface area contributed by atoms with E-state index in [-0.39, 0.29) is 38.0 Å². The van der Waals surface area contributed by atoms with Crippen molar-refractivity contribution in [1.29, 1.82) is 0 Å². The van der Waals surface area contributed by atoms with Crippen molar-refractivity contribution in [3.8, 4) is 11.3 Å². The van der Waals surface area contributed by atoms with Crippen LogP contribution in [0.1, 0.15) is 37.4 Å². The molecule has 1 N–H and O–H groups in total. The van der Waals surface area contributed by atoms with E-state index in [2.05, 4.69) is 21.0 Å². The van der Waals surface area contributed by atoms with Crippen LogP contribution in [-0.2, 0) is 41.9 Å². The fourth-order valence-electron chi connectivity index (χ4n) is 3.23. The summed E-state index contributed by atoms with van der Waals surface area (Å²) >= 11 is 0. The molecule has 4 heterocycles. The van der Waals surface area contributed by atoms with Crippen LogP contribution in [0, 0.1) is 18.0 Å². The smallest absolute Gasteiger partial charge is 0.327 e. The fraction of sp³-hybridized carbons (Fsp3) is 0.318. The topological polar surface area (TPSA) is 77.4 Å². The first-order chi connectivity index (χ1) is 14.3. The molecule has 1 aliphatic heterocycles. The van der Waals surface area contributed by atoms with E-state index < -0.39 is 23.3 Å². The quantitative estimate of drug-likeness (QED) is 0.362. The van der Waals surface area contributed by atoms with Gasteiger partial charge in [-0.05, 0) is 44.2 Å². The van der Waals surface area contributed by atoms with Crippen molar-refractivity contribution in [1.82, 2.24) is 15.0 Å². The molecule has 166 valence electrons. The van der Waals surface area contributed by atoms with Gasteiger partial charge in [0.15, 0.2) is 0 Å². The third-order valence-electron chi connectivity index (χ3n) is 4.99. The van der Waals surface area contributed by atoms with Crippen molar-refractivity contribution in [2.75, 3.05) is 13.2 Å². The minimum absolute atomic E-state index is 0. The number of hydrogen-bond donors (Lipinski definition) is 1. The van der Waals surface area contributed by atoms with E-state index in [1.165, 1.54) is 0 Å². The van der Waals surface area contributed by atoms with Gasteiger partial charge in [-0.1, -0.05) is 29.8 Å². The molecule has 4 rings (SSSR count). The summed E-state index contributed by atoms with van der Waals surface area (Å²) in [5.41, 5.74) is 0.997. The third-order valence-corrected chi connectivity index (χ3v) is 4.99. The number of ether oxygens (including phenoxy) is 2. The van der Waals surface area contributed by atoms with Gasteiger partial charge in [-0.25, -0.2) is 13.8 Å². The maximum atomic E-state index is 14.1. The van der Waals surface area contributed by atoms with E-state index in [4.69, 9.17) is 9.47 Å². The molecular formula is C22H20F2N3O3Pt-. The van der Waals surface area contributed by atoms with Gasteiger partial charge in [-0.15, -0.1) is 6.07 Å². The standard InChI is InChI=1S/C22H20F2N3O3.Pt/c1-21(2,17-8-4-9-18(26-17)22(28)29-12-5-13-30-22)16-7-3-6-15(25-16)14-10-11-19(23)27-20(14)24;/h3-4,6-9,11,28H,5,12-13H2,1-2H3;/q-1;. The van der Waals surface area contributed by atoms with Crippen LogP contribution in [0.15, 0.2) is 42.5 Å². The van der Waals surface area contributed by atoms with Crippen LogP contribution in [-0.4, -0.2) is 33.3 Å². The van der Waals surface area contributed by atoms with E-state index in [0.717, 1.165) is 6.07 Å². The Bertz CT molecular complexity index is 1080. The van der Waals surface area contributed by atoms with E-state index in [0.29, 0.717) is 31.0 Å². The molecule has 0 atom stereocenters. The minimum Gasteiger partial charge on any atom is -0.338 e. The summed E-state index contributed by atoms with van der Waals surface area (Å²) in [6.45, 7) is 4.54. The molecule has 0 aromatic carbocycles. The first-order valence-electron chi connectivity index (χ1n) is 9.49. The predicted octanol–water partition coefficient (Wildman–Crippen LogP) is 3.48. The van der Waals surface area contributed by atoms with Crippen molar-refractivity contribution in [2.45, 2.75) is 31.7 Å². The number of nitrogens with zero attached hydrogens (tertiary/aromatic N) is 3. The number of aromatic nitrogens is 3. The maximum Gasteiger partial charge on any atom is 0.327 e. The summed E-state index contributed by atoms with van der Waals surface area (Å²) < 4.78 is 38.0. The summed E-state index contributed by atoms with van der Waals surface area (Å²) in [5, 5.41) is 10.6. The normalized spacial score (nSPS) is 15.9. The van der Waals surface area contributed by atoms with E-state index >= 15 is 0 Å². The molecule has 3 aromatic rings. The average Bonchev–Trinajstić information content (AvgIpc) is 2.74. The van der Waals surface area contributed by atoms with Gasteiger partial charge in [-0.2, -0.15) is 0 Å². The van der Waals surface area contributed by atoms with Gasteiger partial charge in [0.2, 0.25) is 0 Å². The molecule has 1 fully saturated rings.